The minimum Gasteiger partial charge on any atom is -0.387 e. The van der Waals surface area contributed by atoms with Gasteiger partial charge in [-0.25, -0.2) is 14.4 Å². The van der Waals surface area contributed by atoms with Crippen molar-refractivity contribution in [3.05, 3.63) is 41.9 Å². The zero-order chi connectivity index (χ0) is 22.6. The van der Waals surface area contributed by atoms with Crippen molar-refractivity contribution in [3.63, 3.8) is 0 Å². The van der Waals surface area contributed by atoms with Gasteiger partial charge in [0.1, 0.15) is 12.2 Å². The number of nitrogens with one attached hydrogen (secondary N) is 2. The van der Waals surface area contributed by atoms with Crippen LogP contribution >= 0.6 is 0 Å². The summed E-state index contributed by atoms with van der Waals surface area (Å²) in [5, 5.41) is 29.4. The zero-order valence-corrected chi connectivity index (χ0v) is 17.6. The molecule has 0 aliphatic rings. The highest BCUT2D eigenvalue weighted by molar-refractivity contribution is 5.99. The molecule has 0 bridgehead atoms. The van der Waals surface area contributed by atoms with Crippen LogP contribution in [0.5, 0.6) is 0 Å². The maximum absolute atomic E-state index is 14.0. The Hall–Kier alpha value is -3.58. The lowest BCUT2D eigenvalue weighted by molar-refractivity contribution is -0.00177. The fourth-order valence-corrected chi connectivity index (χ4v) is 2.82. The Bertz CT molecular complexity index is 1130. The molecule has 3 rings (SSSR count). The number of carbonyl (C=O) groups is 1. The monoisotopic (exact) mass is 425 g/mol. The van der Waals surface area contributed by atoms with Crippen LogP contribution in [-0.4, -0.2) is 55.6 Å². The van der Waals surface area contributed by atoms with Crippen molar-refractivity contribution in [3.8, 4) is 11.9 Å². The van der Waals surface area contributed by atoms with Gasteiger partial charge in [-0.15, -0.1) is 0 Å². The highest BCUT2D eigenvalue weighted by Crippen LogP contribution is 2.22. The van der Waals surface area contributed by atoms with Gasteiger partial charge >= 0.3 is 0 Å². The van der Waals surface area contributed by atoms with Crippen molar-refractivity contribution in [1.29, 1.82) is 5.26 Å². The summed E-state index contributed by atoms with van der Waals surface area (Å²) >= 11 is 0. The van der Waals surface area contributed by atoms with E-state index in [1.807, 2.05) is 13.0 Å². The second-order valence-corrected chi connectivity index (χ2v) is 7.65. The van der Waals surface area contributed by atoms with Gasteiger partial charge in [0.2, 0.25) is 0 Å². The Morgan fingerprint density at radius 1 is 1.32 bits per heavy atom. The number of carbonyl (C=O) groups excluding carboxylic acids is 1. The largest absolute Gasteiger partial charge is 0.387 e. The quantitative estimate of drug-likeness (QED) is 0.505. The molecule has 162 valence electrons. The molecule has 0 spiro atoms. The SMILES string of the molecule is CCCNc1cc(-n2ncc3cc(C#N)cnc32)ncc1C(=O)NC[C@@H](F)C(C)(C)O. The molecule has 9 nitrogen and oxygen atoms in total. The van der Waals surface area contributed by atoms with Crippen molar-refractivity contribution < 1.29 is 14.3 Å². The molecule has 10 heteroatoms. The fraction of sp³-hybridized carbons (Fsp3) is 0.381. The summed E-state index contributed by atoms with van der Waals surface area (Å²) in [6.45, 7) is 4.96. The van der Waals surface area contributed by atoms with Crippen molar-refractivity contribution in [1.82, 2.24) is 25.1 Å². The van der Waals surface area contributed by atoms with E-state index in [1.54, 1.807) is 18.3 Å². The number of fused-ring (bicyclic) bond motifs is 1. The van der Waals surface area contributed by atoms with E-state index < -0.39 is 17.7 Å². The van der Waals surface area contributed by atoms with E-state index in [-0.39, 0.29) is 12.1 Å². The maximum Gasteiger partial charge on any atom is 0.255 e. The number of rotatable bonds is 8. The third-order valence-corrected chi connectivity index (χ3v) is 4.66. The van der Waals surface area contributed by atoms with E-state index in [1.165, 1.54) is 30.9 Å². The van der Waals surface area contributed by atoms with Gasteiger partial charge in [-0.3, -0.25) is 4.79 Å². The van der Waals surface area contributed by atoms with Crippen LogP contribution < -0.4 is 10.6 Å². The Morgan fingerprint density at radius 3 is 2.77 bits per heavy atom. The number of nitrogens with zero attached hydrogens (tertiary/aromatic N) is 5. The van der Waals surface area contributed by atoms with Crippen LogP contribution in [0.2, 0.25) is 0 Å². The molecule has 0 radical (unpaired) electrons. The van der Waals surface area contributed by atoms with Crippen LogP contribution in [0.25, 0.3) is 16.9 Å². The van der Waals surface area contributed by atoms with Gasteiger partial charge in [-0.1, -0.05) is 6.92 Å². The maximum atomic E-state index is 14.0. The highest BCUT2D eigenvalue weighted by Gasteiger charge is 2.27. The molecule has 0 aliphatic heterocycles. The van der Waals surface area contributed by atoms with Crippen LogP contribution in [0, 0.1) is 11.3 Å². The van der Waals surface area contributed by atoms with Gasteiger partial charge in [0.05, 0.1) is 35.2 Å². The molecule has 0 saturated carbocycles. The topological polar surface area (TPSA) is 129 Å². The number of aliphatic hydroxyl groups is 1. The van der Waals surface area contributed by atoms with Gasteiger partial charge in [-0.05, 0) is 26.3 Å². The number of halogens is 1. The zero-order valence-electron chi connectivity index (χ0n) is 17.6. The number of amides is 1. The van der Waals surface area contributed by atoms with Crippen molar-refractivity contribution >= 4 is 22.6 Å². The minimum atomic E-state index is -1.62. The summed E-state index contributed by atoms with van der Waals surface area (Å²) in [4.78, 5) is 21.2. The van der Waals surface area contributed by atoms with Crippen molar-refractivity contribution in [2.75, 3.05) is 18.4 Å². The summed E-state index contributed by atoms with van der Waals surface area (Å²) in [5.41, 5.74) is 0.153. The van der Waals surface area contributed by atoms with E-state index >= 15 is 0 Å². The first-order valence-electron chi connectivity index (χ1n) is 9.87. The molecule has 0 saturated heterocycles. The lowest BCUT2D eigenvalue weighted by Gasteiger charge is -2.22. The van der Waals surface area contributed by atoms with Gasteiger partial charge < -0.3 is 15.7 Å². The average Bonchev–Trinajstić information content (AvgIpc) is 3.17. The van der Waals surface area contributed by atoms with E-state index in [9.17, 15) is 14.3 Å². The predicted molar refractivity (Wildman–Crippen MR) is 114 cm³/mol. The molecule has 0 aromatic carbocycles. The van der Waals surface area contributed by atoms with Crippen LogP contribution in [0.4, 0.5) is 10.1 Å². The number of pyridine rings is 2. The van der Waals surface area contributed by atoms with Crippen LogP contribution in [0.3, 0.4) is 0 Å². The summed E-state index contributed by atoms with van der Waals surface area (Å²) in [6.07, 6.45) is 3.64. The minimum absolute atomic E-state index is 0.247. The second kappa shape index (κ2) is 9.06. The van der Waals surface area contributed by atoms with E-state index in [2.05, 4.69) is 25.7 Å². The standard InChI is InChI=1S/C21H24FN7O2/c1-4-5-24-16-7-18(29-19-14(10-28-29)6-13(8-23)9-26-19)25-11-15(16)20(30)27-12-17(22)21(2,3)31/h6-7,9-11,17,31H,4-5,12H2,1-3H3,(H,24,25)(H,27,30)/t17-/m1/s1. The summed E-state index contributed by atoms with van der Waals surface area (Å²) in [6, 6.07) is 5.38. The van der Waals surface area contributed by atoms with Gasteiger partial charge in [0.15, 0.2) is 11.5 Å². The molecule has 0 unspecified atom stereocenters. The molecular formula is C21H24FN7O2. The molecular weight excluding hydrogens is 401 g/mol. The first-order valence-corrected chi connectivity index (χ1v) is 9.87. The molecule has 3 aromatic heterocycles. The number of nitriles is 1. The Labute approximate surface area is 178 Å². The molecule has 1 amide bonds. The van der Waals surface area contributed by atoms with Gasteiger partial charge in [0, 0.05) is 30.4 Å². The smallest absolute Gasteiger partial charge is 0.255 e. The number of hydrogen-bond acceptors (Lipinski definition) is 7. The molecule has 3 aromatic rings. The Balaban J connectivity index is 1.91. The summed E-state index contributed by atoms with van der Waals surface area (Å²) < 4.78 is 15.5. The fourth-order valence-electron chi connectivity index (χ4n) is 2.82. The number of aromatic nitrogens is 4. The normalized spacial score (nSPS) is 12.4. The lowest BCUT2D eigenvalue weighted by Crippen LogP contribution is -2.42. The van der Waals surface area contributed by atoms with E-state index in [4.69, 9.17) is 5.26 Å². The predicted octanol–water partition coefficient (Wildman–Crippen LogP) is 2.35. The Morgan fingerprint density at radius 2 is 2.10 bits per heavy atom. The van der Waals surface area contributed by atoms with E-state index in [0.717, 1.165) is 6.42 Å². The molecule has 3 N–H and O–H groups in total. The molecule has 0 aliphatic carbocycles. The number of anilines is 1. The average molecular weight is 425 g/mol. The van der Waals surface area contributed by atoms with Crippen molar-refractivity contribution in [2.45, 2.75) is 39.0 Å². The third kappa shape index (κ3) is 4.95. The molecule has 0 fully saturated rings. The van der Waals surface area contributed by atoms with Crippen LogP contribution in [0.15, 0.2) is 30.7 Å². The molecule has 3 heterocycles. The van der Waals surface area contributed by atoms with Gasteiger partial charge in [-0.2, -0.15) is 15.0 Å². The number of alkyl halides is 1. The first-order chi connectivity index (χ1) is 14.7. The van der Waals surface area contributed by atoms with E-state index in [0.29, 0.717) is 34.6 Å². The molecule has 31 heavy (non-hydrogen) atoms. The lowest BCUT2D eigenvalue weighted by atomic mass is 10.0. The van der Waals surface area contributed by atoms with Crippen LogP contribution in [0.1, 0.15) is 43.1 Å². The summed E-state index contributed by atoms with van der Waals surface area (Å²) in [5.74, 6) is -0.0751. The van der Waals surface area contributed by atoms with Gasteiger partial charge in [0.25, 0.3) is 5.91 Å². The second-order valence-electron chi connectivity index (χ2n) is 7.65. The Kier molecular flexibility index (Phi) is 6.46. The first kappa shape index (κ1) is 22.1. The van der Waals surface area contributed by atoms with Crippen LogP contribution in [-0.2, 0) is 0 Å². The number of hydrogen-bond donors (Lipinski definition) is 3. The molecule has 1 atom stereocenters. The highest BCUT2D eigenvalue weighted by atomic mass is 19.1. The third-order valence-electron chi connectivity index (χ3n) is 4.66. The van der Waals surface area contributed by atoms with Crippen molar-refractivity contribution in [2.24, 2.45) is 0 Å². The summed E-state index contributed by atoms with van der Waals surface area (Å²) in [7, 11) is 0.